The Morgan fingerprint density at radius 3 is 2.60 bits per heavy atom. The first kappa shape index (κ1) is 14.0. The Labute approximate surface area is 118 Å². The van der Waals surface area contributed by atoms with Crippen molar-refractivity contribution in [3.05, 3.63) is 50.3 Å². The van der Waals surface area contributed by atoms with E-state index in [9.17, 15) is 14.9 Å². The minimum absolute atomic E-state index is 0.0363. The number of benzene rings is 1. The van der Waals surface area contributed by atoms with Crippen molar-refractivity contribution >= 4 is 23.3 Å². The molecule has 1 N–H and O–H groups in total. The number of rotatable bonds is 3. The van der Waals surface area contributed by atoms with Crippen LogP contribution in [-0.2, 0) is 0 Å². The van der Waals surface area contributed by atoms with Crippen molar-refractivity contribution in [3.8, 4) is 5.69 Å². The van der Waals surface area contributed by atoms with Gasteiger partial charge < -0.3 is 5.11 Å². The van der Waals surface area contributed by atoms with E-state index in [4.69, 9.17) is 16.7 Å². The van der Waals surface area contributed by atoms with Gasteiger partial charge in [0.15, 0.2) is 0 Å². The monoisotopic (exact) mass is 295 g/mol. The molecule has 7 nitrogen and oxygen atoms in total. The maximum absolute atomic E-state index is 11.2. The Morgan fingerprint density at radius 2 is 2.10 bits per heavy atom. The Morgan fingerprint density at radius 1 is 1.45 bits per heavy atom. The fraction of sp³-hybridized carbons (Fsp3) is 0.167. The first-order valence-corrected chi connectivity index (χ1v) is 5.94. The summed E-state index contributed by atoms with van der Waals surface area (Å²) in [5, 5.41) is 24.5. The first-order valence-electron chi connectivity index (χ1n) is 5.56. The van der Waals surface area contributed by atoms with Crippen LogP contribution in [0.5, 0.6) is 0 Å². The molecule has 104 valence electrons. The Balaban J connectivity index is 2.73. The van der Waals surface area contributed by atoms with E-state index in [0.717, 1.165) is 0 Å². The van der Waals surface area contributed by atoms with Gasteiger partial charge in [0.2, 0.25) is 0 Å². The second-order valence-corrected chi connectivity index (χ2v) is 4.59. The van der Waals surface area contributed by atoms with E-state index < -0.39 is 10.9 Å². The normalized spacial score (nSPS) is 10.6. The van der Waals surface area contributed by atoms with E-state index in [2.05, 4.69) is 5.10 Å². The van der Waals surface area contributed by atoms with Gasteiger partial charge in [0, 0.05) is 11.1 Å². The summed E-state index contributed by atoms with van der Waals surface area (Å²) in [6, 6.07) is 4.13. The minimum Gasteiger partial charge on any atom is -0.478 e. The number of hydrogen-bond donors (Lipinski definition) is 1. The van der Waals surface area contributed by atoms with Gasteiger partial charge in [0.1, 0.15) is 11.3 Å². The highest BCUT2D eigenvalue weighted by Crippen LogP contribution is 2.28. The van der Waals surface area contributed by atoms with Crippen molar-refractivity contribution in [2.75, 3.05) is 0 Å². The fourth-order valence-electron chi connectivity index (χ4n) is 2.01. The topological polar surface area (TPSA) is 98.3 Å². The summed E-state index contributed by atoms with van der Waals surface area (Å²) in [5.41, 5.74) is 0.585. The van der Waals surface area contributed by atoms with Crippen LogP contribution >= 0.6 is 11.6 Å². The van der Waals surface area contributed by atoms with E-state index in [1.165, 1.54) is 29.8 Å². The van der Waals surface area contributed by atoms with Crippen molar-refractivity contribution in [2.45, 2.75) is 13.8 Å². The molecule has 0 atom stereocenters. The highest BCUT2D eigenvalue weighted by molar-refractivity contribution is 6.30. The molecule has 2 aromatic rings. The molecule has 0 aliphatic carbocycles. The van der Waals surface area contributed by atoms with Crippen LogP contribution in [-0.4, -0.2) is 25.8 Å². The molecular formula is C12H10ClN3O4. The van der Waals surface area contributed by atoms with Gasteiger partial charge in [-0.05, 0) is 26.0 Å². The van der Waals surface area contributed by atoms with Crippen LogP contribution in [0.4, 0.5) is 5.69 Å². The van der Waals surface area contributed by atoms with Crippen LogP contribution in [0.15, 0.2) is 18.2 Å². The maximum atomic E-state index is 11.2. The van der Waals surface area contributed by atoms with Crippen LogP contribution in [0.25, 0.3) is 5.69 Å². The van der Waals surface area contributed by atoms with Crippen LogP contribution in [0.3, 0.4) is 0 Å². The molecule has 0 aliphatic rings. The second-order valence-electron chi connectivity index (χ2n) is 4.15. The molecule has 1 heterocycles. The Hall–Kier alpha value is -2.41. The quantitative estimate of drug-likeness (QED) is 0.693. The summed E-state index contributed by atoms with van der Waals surface area (Å²) < 4.78 is 1.24. The SMILES string of the molecule is Cc1nn(-c2ccc(Cl)cc2[N+](=O)[O-])c(C)c1C(=O)O. The molecule has 1 aromatic carbocycles. The molecule has 0 saturated carbocycles. The second kappa shape index (κ2) is 4.93. The molecule has 0 saturated heterocycles. The lowest BCUT2D eigenvalue weighted by molar-refractivity contribution is -0.384. The van der Waals surface area contributed by atoms with Crippen LogP contribution in [0.1, 0.15) is 21.7 Å². The molecule has 0 radical (unpaired) electrons. The van der Waals surface area contributed by atoms with Gasteiger partial charge in [0.25, 0.3) is 5.69 Å². The lowest BCUT2D eigenvalue weighted by atomic mass is 10.2. The summed E-state index contributed by atoms with van der Waals surface area (Å²) in [4.78, 5) is 21.6. The number of carboxylic acid groups (broad SMARTS) is 1. The third-order valence-electron chi connectivity index (χ3n) is 2.87. The molecular weight excluding hydrogens is 286 g/mol. The number of nitrogens with zero attached hydrogens (tertiary/aromatic N) is 3. The fourth-order valence-corrected chi connectivity index (χ4v) is 2.18. The smallest absolute Gasteiger partial charge is 0.339 e. The number of aromatic nitrogens is 2. The zero-order valence-corrected chi connectivity index (χ0v) is 11.4. The minimum atomic E-state index is -1.12. The van der Waals surface area contributed by atoms with Crippen LogP contribution in [0.2, 0.25) is 5.02 Å². The number of aromatic carboxylic acids is 1. The van der Waals surface area contributed by atoms with E-state index in [1.54, 1.807) is 6.92 Å². The largest absolute Gasteiger partial charge is 0.478 e. The number of nitro groups is 1. The molecule has 0 fully saturated rings. The summed E-state index contributed by atoms with van der Waals surface area (Å²) in [7, 11) is 0. The third-order valence-corrected chi connectivity index (χ3v) is 3.10. The molecule has 0 aliphatic heterocycles. The molecule has 0 bridgehead atoms. The summed E-state index contributed by atoms with van der Waals surface area (Å²) >= 11 is 5.75. The predicted molar refractivity (Wildman–Crippen MR) is 71.7 cm³/mol. The maximum Gasteiger partial charge on any atom is 0.339 e. The Bertz CT molecular complexity index is 724. The average Bonchev–Trinajstić information content (AvgIpc) is 2.64. The van der Waals surface area contributed by atoms with E-state index in [0.29, 0.717) is 11.4 Å². The lowest BCUT2D eigenvalue weighted by Crippen LogP contribution is -2.05. The van der Waals surface area contributed by atoms with Gasteiger partial charge in [-0.2, -0.15) is 5.10 Å². The zero-order valence-electron chi connectivity index (χ0n) is 10.6. The van der Waals surface area contributed by atoms with Gasteiger partial charge in [0.05, 0.1) is 16.3 Å². The van der Waals surface area contributed by atoms with Crippen molar-refractivity contribution < 1.29 is 14.8 Å². The highest BCUT2D eigenvalue weighted by Gasteiger charge is 2.23. The van der Waals surface area contributed by atoms with Crippen LogP contribution in [0, 0.1) is 24.0 Å². The molecule has 0 amide bonds. The number of halogens is 1. The third kappa shape index (κ3) is 2.23. The summed E-state index contributed by atoms with van der Waals surface area (Å²) in [6.07, 6.45) is 0. The molecule has 20 heavy (non-hydrogen) atoms. The van der Waals surface area contributed by atoms with Gasteiger partial charge in [-0.3, -0.25) is 10.1 Å². The van der Waals surface area contributed by atoms with Gasteiger partial charge in [-0.15, -0.1) is 0 Å². The van der Waals surface area contributed by atoms with Crippen molar-refractivity contribution in [1.29, 1.82) is 0 Å². The average molecular weight is 296 g/mol. The zero-order chi connectivity index (χ0) is 15.0. The summed E-state index contributed by atoms with van der Waals surface area (Å²) in [6.45, 7) is 3.08. The van der Waals surface area contributed by atoms with E-state index in [-0.39, 0.29) is 22.0 Å². The number of nitro benzene ring substituents is 1. The summed E-state index contributed by atoms with van der Waals surface area (Å²) in [5.74, 6) is -1.12. The van der Waals surface area contributed by atoms with Crippen molar-refractivity contribution in [3.63, 3.8) is 0 Å². The standard InChI is InChI=1S/C12H10ClN3O4/c1-6-11(12(17)18)7(2)15(14-6)9-4-3-8(13)5-10(9)16(19)20/h3-5H,1-2H3,(H,17,18). The molecule has 1 aromatic heterocycles. The predicted octanol–water partition coefficient (Wildman–Crippen LogP) is 2.75. The van der Waals surface area contributed by atoms with Crippen LogP contribution < -0.4 is 0 Å². The van der Waals surface area contributed by atoms with Gasteiger partial charge in [-0.25, -0.2) is 9.48 Å². The number of aryl methyl sites for hydroxylation is 1. The number of hydrogen-bond acceptors (Lipinski definition) is 4. The molecule has 8 heteroatoms. The number of carbonyl (C=O) groups is 1. The van der Waals surface area contributed by atoms with Gasteiger partial charge in [-0.1, -0.05) is 11.6 Å². The van der Waals surface area contributed by atoms with E-state index >= 15 is 0 Å². The number of carboxylic acids is 1. The van der Waals surface area contributed by atoms with Crippen molar-refractivity contribution in [2.24, 2.45) is 0 Å². The molecule has 0 unspecified atom stereocenters. The lowest BCUT2D eigenvalue weighted by Gasteiger charge is -2.06. The molecule has 2 rings (SSSR count). The van der Waals surface area contributed by atoms with Crippen molar-refractivity contribution in [1.82, 2.24) is 9.78 Å². The molecule has 0 spiro atoms. The van der Waals surface area contributed by atoms with E-state index in [1.807, 2.05) is 0 Å². The Kier molecular flexibility index (Phi) is 3.46. The first-order chi connectivity index (χ1) is 9.32. The highest BCUT2D eigenvalue weighted by atomic mass is 35.5. The van der Waals surface area contributed by atoms with Gasteiger partial charge >= 0.3 is 5.97 Å².